The van der Waals surface area contributed by atoms with E-state index in [0.717, 1.165) is 5.69 Å². The van der Waals surface area contributed by atoms with Gasteiger partial charge in [0.1, 0.15) is 0 Å². The summed E-state index contributed by atoms with van der Waals surface area (Å²) < 4.78 is 10.3. The number of nitrogens with one attached hydrogen (secondary N) is 2. The van der Waals surface area contributed by atoms with E-state index in [1.54, 1.807) is 24.4 Å². The molecule has 20 heavy (non-hydrogen) atoms. The molecule has 2 N–H and O–H groups in total. The predicted octanol–water partition coefficient (Wildman–Crippen LogP) is 1.80. The predicted molar refractivity (Wildman–Crippen MR) is 75.4 cm³/mol. The molecule has 104 valence electrons. The van der Waals surface area contributed by atoms with Gasteiger partial charge in [-0.25, -0.2) is 5.43 Å². The molecule has 0 aliphatic heterocycles. The van der Waals surface area contributed by atoms with E-state index in [4.69, 9.17) is 9.47 Å². The van der Waals surface area contributed by atoms with Gasteiger partial charge in [0.2, 0.25) is 0 Å². The second-order valence-electron chi connectivity index (χ2n) is 3.89. The second-order valence-corrected chi connectivity index (χ2v) is 3.89. The van der Waals surface area contributed by atoms with Crippen molar-refractivity contribution in [2.75, 3.05) is 14.2 Å². The zero-order valence-corrected chi connectivity index (χ0v) is 11.2. The van der Waals surface area contributed by atoms with Gasteiger partial charge in [0, 0.05) is 11.8 Å². The summed E-state index contributed by atoms with van der Waals surface area (Å²) in [6.45, 7) is 0. The van der Waals surface area contributed by atoms with Crippen molar-refractivity contribution in [1.29, 1.82) is 0 Å². The number of nitrogens with zero attached hydrogens (tertiary/aromatic N) is 1. The summed E-state index contributed by atoms with van der Waals surface area (Å²) in [5.41, 5.74) is 3.68. The van der Waals surface area contributed by atoms with Gasteiger partial charge >= 0.3 is 0 Å². The van der Waals surface area contributed by atoms with Crippen molar-refractivity contribution < 1.29 is 14.3 Å². The number of ether oxygens (including phenoxy) is 2. The van der Waals surface area contributed by atoms with Gasteiger partial charge in [0.25, 0.3) is 5.91 Å². The van der Waals surface area contributed by atoms with Crippen molar-refractivity contribution in [2.45, 2.75) is 0 Å². The maximum Gasteiger partial charge on any atom is 0.271 e. The fraction of sp³-hybridized carbons (Fsp3) is 0.143. The molecule has 0 saturated heterocycles. The molecule has 6 nitrogen and oxygen atoms in total. The van der Waals surface area contributed by atoms with Crippen LogP contribution in [-0.4, -0.2) is 31.3 Å². The molecule has 0 fully saturated rings. The minimum atomic E-state index is -0.325. The van der Waals surface area contributed by atoms with Crippen LogP contribution in [0.4, 0.5) is 0 Å². The Hall–Kier alpha value is -2.76. The normalized spacial score (nSPS) is 10.5. The van der Waals surface area contributed by atoms with Crippen LogP contribution in [0.5, 0.6) is 11.5 Å². The molecule has 2 aromatic rings. The molecular weight excluding hydrogens is 258 g/mol. The van der Waals surface area contributed by atoms with Crippen LogP contribution in [0.25, 0.3) is 0 Å². The summed E-state index contributed by atoms with van der Waals surface area (Å²) >= 11 is 0. The molecular formula is C14H15N3O3. The molecule has 0 unspecified atom stereocenters. The third-order valence-corrected chi connectivity index (χ3v) is 2.64. The van der Waals surface area contributed by atoms with Gasteiger partial charge in [-0.2, -0.15) is 5.10 Å². The van der Waals surface area contributed by atoms with Crippen LogP contribution >= 0.6 is 0 Å². The molecule has 1 heterocycles. The van der Waals surface area contributed by atoms with Crippen molar-refractivity contribution in [3.8, 4) is 11.5 Å². The van der Waals surface area contributed by atoms with Gasteiger partial charge in [-0.3, -0.25) is 4.79 Å². The summed E-state index contributed by atoms with van der Waals surface area (Å²) in [7, 11) is 3.06. The van der Waals surface area contributed by atoms with Crippen LogP contribution in [0.1, 0.15) is 16.1 Å². The lowest BCUT2D eigenvalue weighted by molar-refractivity contribution is 0.0954. The zero-order valence-electron chi connectivity index (χ0n) is 11.2. The lowest BCUT2D eigenvalue weighted by atomic mass is 10.2. The summed E-state index contributed by atoms with van der Waals surface area (Å²) in [6, 6.07) is 8.59. The third-order valence-electron chi connectivity index (χ3n) is 2.64. The van der Waals surface area contributed by atoms with Crippen molar-refractivity contribution in [2.24, 2.45) is 5.10 Å². The number of benzene rings is 1. The third kappa shape index (κ3) is 3.17. The first-order valence-corrected chi connectivity index (χ1v) is 5.93. The van der Waals surface area contributed by atoms with Gasteiger partial charge in [-0.05, 0) is 30.3 Å². The van der Waals surface area contributed by atoms with E-state index in [2.05, 4.69) is 15.5 Å². The number of hydrazone groups is 1. The van der Waals surface area contributed by atoms with Crippen LogP contribution in [0, 0.1) is 0 Å². The van der Waals surface area contributed by atoms with E-state index in [-0.39, 0.29) is 5.91 Å². The minimum absolute atomic E-state index is 0.325. The van der Waals surface area contributed by atoms with Gasteiger partial charge in [-0.15, -0.1) is 0 Å². The SMILES string of the molecule is COc1ccc(C(=O)N/N=C/c2ccc[nH]2)cc1OC. The van der Waals surface area contributed by atoms with E-state index in [1.807, 2.05) is 12.1 Å². The Morgan fingerprint density at radius 3 is 2.70 bits per heavy atom. The highest BCUT2D eigenvalue weighted by Crippen LogP contribution is 2.27. The molecule has 0 bridgehead atoms. The number of amides is 1. The van der Waals surface area contributed by atoms with Crippen LogP contribution in [0.15, 0.2) is 41.6 Å². The number of carbonyl (C=O) groups excluding carboxylic acids is 1. The van der Waals surface area contributed by atoms with E-state index in [9.17, 15) is 4.79 Å². The largest absolute Gasteiger partial charge is 0.493 e. The van der Waals surface area contributed by atoms with Crippen molar-refractivity contribution in [1.82, 2.24) is 10.4 Å². The molecule has 0 aliphatic rings. The molecule has 6 heteroatoms. The highest BCUT2D eigenvalue weighted by Gasteiger charge is 2.09. The number of H-pyrrole nitrogens is 1. The standard InChI is InChI=1S/C14H15N3O3/c1-19-12-6-5-10(8-13(12)20-2)14(18)17-16-9-11-4-3-7-15-11/h3-9,15H,1-2H3,(H,17,18)/b16-9+. The van der Waals surface area contributed by atoms with Gasteiger partial charge in [-0.1, -0.05) is 0 Å². The number of aromatic amines is 1. The van der Waals surface area contributed by atoms with E-state index >= 15 is 0 Å². The molecule has 0 spiro atoms. The summed E-state index contributed by atoms with van der Waals surface area (Å²) in [5, 5.41) is 3.86. The number of hydrogen-bond donors (Lipinski definition) is 2. The Morgan fingerprint density at radius 2 is 2.05 bits per heavy atom. The number of hydrogen-bond acceptors (Lipinski definition) is 4. The first kappa shape index (κ1) is 13.7. The average molecular weight is 273 g/mol. The Morgan fingerprint density at radius 1 is 1.25 bits per heavy atom. The van der Waals surface area contributed by atoms with E-state index in [0.29, 0.717) is 17.1 Å². The van der Waals surface area contributed by atoms with Crippen LogP contribution < -0.4 is 14.9 Å². The number of methoxy groups -OCH3 is 2. The monoisotopic (exact) mass is 273 g/mol. The quantitative estimate of drug-likeness (QED) is 0.644. The van der Waals surface area contributed by atoms with Crippen molar-refractivity contribution in [3.63, 3.8) is 0 Å². The van der Waals surface area contributed by atoms with Crippen LogP contribution in [0.2, 0.25) is 0 Å². The molecule has 2 rings (SSSR count). The number of rotatable bonds is 5. The maximum absolute atomic E-state index is 11.9. The van der Waals surface area contributed by atoms with Gasteiger partial charge < -0.3 is 14.5 Å². The van der Waals surface area contributed by atoms with Gasteiger partial charge in [0.15, 0.2) is 11.5 Å². The average Bonchev–Trinajstić information content (AvgIpc) is 2.99. The molecule has 1 amide bonds. The van der Waals surface area contributed by atoms with Crippen molar-refractivity contribution in [3.05, 3.63) is 47.8 Å². The molecule has 0 aliphatic carbocycles. The fourth-order valence-electron chi connectivity index (χ4n) is 1.63. The molecule has 0 atom stereocenters. The first-order valence-electron chi connectivity index (χ1n) is 5.93. The fourth-order valence-corrected chi connectivity index (χ4v) is 1.63. The Labute approximate surface area is 116 Å². The smallest absolute Gasteiger partial charge is 0.271 e. The van der Waals surface area contributed by atoms with Gasteiger partial charge in [0.05, 0.1) is 26.1 Å². The number of carbonyl (C=O) groups is 1. The molecule has 0 radical (unpaired) electrons. The lowest BCUT2D eigenvalue weighted by Crippen LogP contribution is -2.17. The molecule has 1 aromatic heterocycles. The van der Waals surface area contributed by atoms with E-state index < -0.39 is 0 Å². The highest BCUT2D eigenvalue weighted by atomic mass is 16.5. The maximum atomic E-state index is 11.9. The summed E-state index contributed by atoms with van der Waals surface area (Å²) in [5.74, 6) is 0.737. The van der Waals surface area contributed by atoms with Crippen LogP contribution in [-0.2, 0) is 0 Å². The molecule has 1 aromatic carbocycles. The summed E-state index contributed by atoms with van der Waals surface area (Å²) in [6.07, 6.45) is 3.30. The van der Waals surface area contributed by atoms with E-state index in [1.165, 1.54) is 20.4 Å². The molecule has 0 saturated carbocycles. The topological polar surface area (TPSA) is 75.7 Å². The summed E-state index contributed by atoms with van der Waals surface area (Å²) in [4.78, 5) is 14.9. The Balaban J connectivity index is 2.05. The second kappa shape index (κ2) is 6.42. The van der Waals surface area contributed by atoms with Crippen molar-refractivity contribution >= 4 is 12.1 Å². The zero-order chi connectivity index (χ0) is 14.4. The highest BCUT2D eigenvalue weighted by molar-refractivity contribution is 5.95. The first-order chi connectivity index (χ1) is 9.74. The minimum Gasteiger partial charge on any atom is -0.493 e. The lowest BCUT2D eigenvalue weighted by Gasteiger charge is -2.08. The number of aromatic nitrogens is 1. The van der Waals surface area contributed by atoms with Crippen LogP contribution in [0.3, 0.4) is 0 Å². The Bertz CT molecular complexity index is 606. The Kier molecular flexibility index (Phi) is 4.39.